The van der Waals surface area contributed by atoms with Crippen LogP contribution in [0.25, 0.3) is 0 Å². The zero-order valence-corrected chi connectivity index (χ0v) is 15.6. The molecule has 0 spiro atoms. The second-order valence-corrected chi connectivity index (χ2v) is 8.70. The van der Waals surface area contributed by atoms with Gasteiger partial charge in [-0.3, -0.25) is 0 Å². The van der Waals surface area contributed by atoms with E-state index < -0.39 is 10.0 Å². The van der Waals surface area contributed by atoms with Crippen molar-refractivity contribution in [2.45, 2.75) is 43.9 Å². The zero-order valence-electron chi connectivity index (χ0n) is 14.8. The Bertz CT molecular complexity index is 725. The van der Waals surface area contributed by atoms with Crippen LogP contribution in [0.5, 0.6) is 0 Å². The lowest BCUT2D eigenvalue weighted by Gasteiger charge is -2.34. The average molecular weight is 365 g/mol. The predicted molar refractivity (Wildman–Crippen MR) is 97.1 cm³/mol. The van der Waals surface area contributed by atoms with Gasteiger partial charge in [0.25, 0.3) is 0 Å². The number of amides is 2. The number of rotatable bonds is 4. The molecule has 3 rings (SSSR count). The third-order valence-electron chi connectivity index (χ3n) is 5.01. The molecule has 0 unspecified atom stereocenters. The third-order valence-corrected chi connectivity index (χ3v) is 6.90. The van der Waals surface area contributed by atoms with E-state index in [1.54, 1.807) is 11.0 Å². The summed E-state index contributed by atoms with van der Waals surface area (Å²) in [6, 6.07) is 5.45. The Kier molecular flexibility index (Phi) is 5.64. The first-order valence-electron chi connectivity index (χ1n) is 9.17. The summed E-state index contributed by atoms with van der Waals surface area (Å²) in [6.45, 7) is 4.20. The molecule has 1 aliphatic heterocycles. The van der Waals surface area contributed by atoms with Crippen molar-refractivity contribution in [2.75, 3.05) is 32.7 Å². The van der Waals surface area contributed by atoms with E-state index in [-0.39, 0.29) is 6.03 Å². The van der Waals surface area contributed by atoms with E-state index in [9.17, 15) is 13.2 Å². The lowest BCUT2D eigenvalue weighted by Crippen LogP contribution is -2.53. The lowest BCUT2D eigenvalue weighted by atomic mass is 9.92. The SMILES string of the molecule is CCCNC(=O)N1CCN(S(=O)(=O)c2ccc3c(c2)CCCC3)CC1. The smallest absolute Gasteiger partial charge is 0.317 e. The van der Waals surface area contributed by atoms with Gasteiger partial charge in [-0.25, -0.2) is 13.2 Å². The summed E-state index contributed by atoms with van der Waals surface area (Å²) in [5.74, 6) is 0. The van der Waals surface area contributed by atoms with E-state index in [2.05, 4.69) is 5.32 Å². The van der Waals surface area contributed by atoms with E-state index in [1.807, 2.05) is 19.1 Å². The Morgan fingerprint density at radius 3 is 2.44 bits per heavy atom. The van der Waals surface area contributed by atoms with Crippen LogP contribution >= 0.6 is 0 Å². The number of sulfonamides is 1. The topological polar surface area (TPSA) is 69.7 Å². The Morgan fingerprint density at radius 1 is 1.08 bits per heavy atom. The summed E-state index contributed by atoms with van der Waals surface area (Å²) in [7, 11) is -3.49. The molecule has 0 saturated carbocycles. The number of hydrogen-bond acceptors (Lipinski definition) is 3. The number of aryl methyl sites for hydroxylation is 2. The highest BCUT2D eigenvalue weighted by atomic mass is 32.2. The molecule has 1 aromatic rings. The Hall–Kier alpha value is -1.60. The second-order valence-electron chi connectivity index (χ2n) is 6.76. The van der Waals surface area contributed by atoms with Crippen LogP contribution in [0.15, 0.2) is 23.1 Å². The Morgan fingerprint density at radius 2 is 1.76 bits per heavy atom. The largest absolute Gasteiger partial charge is 0.338 e. The van der Waals surface area contributed by atoms with Crippen molar-refractivity contribution in [2.24, 2.45) is 0 Å². The number of nitrogens with one attached hydrogen (secondary N) is 1. The molecule has 1 aliphatic carbocycles. The van der Waals surface area contributed by atoms with Crippen LogP contribution in [0.3, 0.4) is 0 Å². The van der Waals surface area contributed by atoms with Gasteiger partial charge in [-0.1, -0.05) is 13.0 Å². The average Bonchev–Trinajstić information content (AvgIpc) is 2.65. The molecule has 7 heteroatoms. The number of fused-ring (bicyclic) bond motifs is 1. The molecular formula is C18H27N3O3S. The van der Waals surface area contributed by atoms with Gasteiger partial charge in [0, 0.05) is 32.7 Å². The minimum Gasteiger partial charge on any atom is -0.338 e. The molecule has 6 nitrogen and oxygen atoms in total. The zero-order chi connectivity index (χ0) is 17.9. The first-order valence-corrected chi connectivity index (χ1v) is 10.6. The first-order chi connectivity index (χ1) is 12.0. The molecule has 138 valence electrons. The molecule has 1 saturated heterocycles. The number of piperazine rings is 1. The summed E-state index contributed by atoms with van der Waals surface area (Å²) in [4.78, 5) is 14.1. The van der Waals surface area contributed by atoms with Crippen molar-refractivity contribution in [1.82, 2.24) is 14.5 Å². The predicted octanol–water partition coefficient (Wildman–Crippen LogP) is 1.99. The van der Waals surface area contributed by atoms with Crippen molar-refractivity contribution < 1.29 is 13.2 Å². The summed E-state index contributed by atoms with van der Waals surface area (Å²) in [5.41, 5.74) is 2.45. The number of urea groups is 1. The molecule has 2 aliphatic rings. The van der Waals surface area contributed by atoms with Crippen LogP contribution in [0.2, 0.25) is 0 Å². The maximum absolute atomic E-state index is 12.9. The molecule has 0 radical (unpaired) electrons. The molecule has 0 aromatic heterocycles. The van der Waals surface area contributed by atoms with Crippen LogP contribution in [-0.4, -0.2) is 56.4 Å². The fraction of sp³-hybridized carbons (Fsp3) is 0.611. The monoisotopic (exact) mass is 365 g/mol. The standard InChI is InChI=1S/C18H27N3O3S/c1-2-9-19-18(22)20-10-12-21(13-11-20)25(23,24)17-8-7-15-5-3-4-6-16(15)14-17/h7-8,14H,2-6,9-13H2,1H3,(H,19,22). The summed E-state index contributed by atoms with van der Waals surface area (Å²) in [6.07, 6.45) is 5.20. The van der Waals surface area contributed by atoms with E-state index in [0.29, 0.717) is 37.6 Å². The molecule has 1 N–H and O–H groups in total. The van der Waals surface area contributed by atoms with Crippen molar-refractivity contribution >= 4 is 16.1 Å². The number of benzene rings is 1. The first kappa shape index (κ1) is 18.2. The van der Waals surface area contributed by atoms with Gasteiger partial charge in [0.2, 0.25) is 10.0 Å². The van der Waals surface area contributed by atoms with E-state index in [4.69, 9.17) is 0 Å². The van der Waals surface area contributed by atoms with E-state index in [1.165, 1.54) is 21.9 Å². The molecule has 1 heterocycles. The molecule has 1 aromatic carbocycles. The minimum atomic E-state index is -3.49. The highest BCUT2D eigenvalue weighted by molar-refractivity contribution is 7.89. The van der Waals surface area contributed by atoms with Gasteiger partial charge in [0.05, 0.1) is 4.90 Å². The van der Waals surface area contributed by atoms with Gasteiger partial charge in [-0.05, 0) is 55.4 Å². The fourth-order valence-electron chi connectivity index (χ4n) is 3.49. The maximum atomic E-state index is 12.9. The summed E-state index contributed by atoms with van der Waals surface area (Å²) in [5, 5.41) is 2.84. The van der Waals surface area contributed by atoms with Crippen molar-refractivity contribution in [3.63, 3.8) is 0 Å². The number of nitrogens with zero attached hydrogens (tertiary/aromatic N) is 2. The third kappa shape index (κ3) is 3.98. The molecule has 0 atom stereocenters. The van der Waals surface area contributed by atoms with Gasteiger partial charge < -0.3 is 10.2 Å². The van der Waals surface area contributed by atoms with Crippen molar-refractivity contribution in [3.05, 3.63) is 29.3 Å². The van der Waals surface area contributed by atoms with Crippen molar-refractivity contribution in [3.8, 4) is 0 Å². The lowest BCUT2D eigenvalue weighted by molar-refractivity contribution is 0.172. The molecule has 0 bridgehead atoms. The minimum absolute atomic E-state index is 0.104. The number of hydrogen-bond donors (Lipinski definition) is 1. The Balaban J connectivity index is 1.67. The number of carbonyl (C=O) groups is 1. The molecule has 1 fully saturated rings. The highest BCUT2D eigenvalue weighted by Gasteiger charge is 2.30. The van der Waals surface area contributed by atoms with Crippen LogP contribution in [0, 0.1) is 0 Å². The van der Waals surface area contributed by atoms with Crippen LogP contribution in [0.1, 0.15) is 37.3 Å². The normalized spacial score (nSPS) is 18.7. The molecule has 25 heavy (non-hydrogen) atoms. The van der Waals surface area contributed by atoms with E-state index >= 15 is 0 Å². The maximum Gasteiger partial charge on any atom is 0.317 e. The summed E-state index contributed by atoms with van der Waals surface area (Å²) >= 11 is 0. The fourth-order valence-corrected chi connectivity index (χ4v) is 4.97. The summed E-state index contributed by atoms with van der Waals surface area (Å²) < 4.78 is 27.4. The van der Waals surface area contributed by atoms with Crippen molar-refractivity contribution in [1.29, 1.82) is 0 Å². The van der Waals surface area contributed by atoms with Gasteiger partial charge >= 0.3 is 6.03 Å². The van der Waals surface area contributed by atoms with E-state index in [0.717, 1.165) is 25.7 Å². The van der Waals surface area contributed by atoms with Crippen LogP contribution in [0.4, 0.5) is 4.79 Å². The number of carbonyl (C=O) groups excluding carboxylic acids is 1. The van der Waals surface area contributed by atoms with Gasteiger partial charge in [-0.2, -0.15) is 4.31 Å². The highest BCUT2D eigenvalue weighted by Crippen LogP contribution is 2.26. The molecule has 2 amide bonds. The van der Waals surface area contributed by atoms with Gasteiger partial charge in [-0.15, -0.1) is 0 Å². The second kappa shape index (κ2) is 7.74. The van der Waals surface area contributed by atoms with Crippen LogP contribution in [-0.2, 0) is 22.9 Å². The van der Waals surface area contributed by atoms with Gasteiger partial charge in [0.15, 0.2) is 0 Å². The Labute approximate surface area is 150 Å². The molecular weight excluding hydrogens is 338 g/mol. The quantitative estimate of drug-likeness (QED) is 0.887. The van der Waals surface area contributed by atoms with Crippen LogP contribution < -0.4 is 5.32 Å². The van der Waals surface area contributed by atoms with Gasteiger partial charge in [0.1, 0.15) is 0 Å².